The highest BCUT2D eigenvalue weighted by atomic mass is 16.5. The van der Waals surface area contributed by atoms with E-state index in [9.17, 15) is 0 Å². The Kier molecular flexibility index (Phi) is 3.42. The molecule has 0 spiro atoms. The van der Waals surface area contributed by atoms with Crippen LogP contribution in [0.25, 0.3) is 0 Å². The van der Waals surface area contributed by atoms with E-state index >= 15 is 0 Å². The Bertz CT molecular complexity index is 172. The summed E-state index contributed by atoms with van der Waals surface area (Å²) in [5.74, 6) is 0. The van der Waals surface area contributed by atoms with Crippen LogP contribution in [0.3, 0.4) is 0 Å². The summed E-state index contributed by atoms with van der Waals surface area (Å²) < 4.78 is 11.2. The molecular weight excluding hydrogens is 178 g/mol. The average Bonchev–Trinajstić information content (AvgIpc) is 2.72. The lowest BCUT2D eigenvalue weighted by molar-refractivity contribution is -0.0348. The van der Waals surface area contributed by atoms with E-state index in [1.54, 1.807) is 0 Å². The van der Waals surface area contributed by atoms with Gasteiger partial charge in [-0.2, -0.15) is 0 Å². The zero-order valence-electron chi connectivity index (χ0n) is 8.84. The first-order valence-corrected chi connectivity index (χ1v) is 5.74. The molecule has 0 radical (unpaired) electrons. The molecule has 0 aliphatic carbocycles. The molecule has 2 unspecified atom stereocenters. The number of rotatable bonds is 3. The van der Waals surface area contributed by atoms with Crippen LogP contribution in [-0.4, -0.2) is 32.5 Å². The summed E-state index contributed by atoms with van der Waals surface area (Å²) in [7, 11) is 0. The highest BCUT2D eigenvalue weighted by Gasteiger charge is 2.35. The van der Waals surface area contributed by atoms with Gasteiger partial charge in [-0.1, -0.05) is 0 Å². The SMILES string of the molecule is NCC1(CC2CCCO2)CCCOC1. The minimum atomic E-state index is 0.216. The van der Waals surface area contributed by atoms with Gasteiger partial charge in [0.1, 0.15) is 0 Å². The van der Waals surface area contributed by atoms with Gasteiger partial charge in [-0.25, -0.2) is 0 Å². The maximum atomic E-state index is 5.88. The van der Waals surface area contributed by atoms with Gasteiger partial charge in [-0.3, -0.25) is 0 Å². The summed E-state index contributed by atoms with van der Waals surface area (Å²) in [6.45, 7) is 3.43. The normalized spacial score (nSPS) is 38.8. The molecule has 2 fully saturated rings. The summed E-state index contributed by atoms with van der Waals surface area (Å²) in [6, 6.07) is 0. The van der Waals surface area contributed by atoms with E-state index in [1.165, 1.54) is 19.3 Å². The number of hydrogen-bond acceptors (Lipinski definition) is 3. The van der Waals surface area contributed by atoms with E-state index in [-0.39, 0.29) is 5.41 Å². The third kappa shape index (κ3) is 2.27. The van der Waals surface area contributed by atoms with Crippen molar-refractivity contribution in [2.75, 3.05) is 26.4 Å². The molecule has 2 N–H and O–H groups in total. The number of hydrogen-bond donors (Lipinski definition) is 1. The summed E-state index contributed by atoms with van der Waals surface area (Å²) in [5.41, 5.74) is 6.10. The molecule has 0 aromatic carbocycles. The molecule has 2 aliphatic heterocycles. The van der Waals surface area contributed by atoms with E-state index in [0.29, 0.717) is 6.10 Å². The third-order valence-electron chi connectivity index (χ3n) is 3.52. The quantitative estimate of drug-likeness (QED) is 0.745. The molecule has 14 heavy (non-hydrogen) atoms. The lowest BCUT2D eigenvalue weighted by atomic mass is 9.77. The lowest BCUT2D eigenvalue weighted by Gasteiger charge is -2.37. The van der Waals surface area contributed by atoms with Crippen LogP contribution < -0.4 is 5.73 Å². The van der Waals surface area contributed by atoms with Gasteiger partial charge in [0.2, 0.25) is 0 Å². The molecule has 2 aliphatic rings. The Morgan fingerprint density at radius 2 is 2.21 bits per heavy atom. The largest absolute Gasteiger partial charge is 0.381 e. The Morgan fingerprint density at radius 3 is 2.79 bits per heavy atom. The maximum Gasteiger partial charge on any atom is 0.0582 e. The van der Waals surface area contributed by atoms with Gasteiger partial charge in [-0.15, -0.1) is 0 Å². The topological polar surface area (TPSA) is 44.5 Å². The fourth-order valence-electron chi connectivity index (χ4n) is 2.60. The lowest BCUT2D eigenvalue weighted by Crippen LogP contribution is -2.41. The van der Waals surface area contributed by atoms with Gasteiger partial charge < -0.3 is 15.2 Å². The van der Waals surface area contributed by atoms with E-state index in [4.69, 9.17) is 15.2 Å². The first-order valence-electron chi connectivity index (χ1n) is 5.74. The summed E-state index contributed by atoms with van der Waals surface area (Å²) in [4.78, 5) is 0. The average molecular weight is 199 g/mol. The molecule has 3 heteroatoms. The van der Waals surface area contributed by atoms with Crippen molar-refractivity contribution in [1.82, 2.24) is 0 Å². The van der Waals surface area contributed by atoms with Gasteiger partial charge in [0, 0.05) is 25.2 Å². The van der Waals surface area contributed by atoms with Crippen LogP contribution in [-0.2, 0) is 9.47 Å². The zero-order chi connectivity index (χ0) is 9.86. The van der Waals surface area contributed by atoms with Gasteiger partial charge in [0.25, 0.3) is 0 Å². The zero-order valence-corrected chi connectivity index (χ0v) is 8.84. The predicted octanol–water partition coefficient (Wildman–Crippen LogP) is 1.31. The third-order valence-corrected chi connectivity index (χ3v) is 3.52. The second kappa shape index (κ2) is 4.60. The van der Waals surface area contributed by atoms with Gasteiger partial charge >= 0.3 is 0 Å². The van der Waals surface area contributed by atoms with Crippen molar-refractivity contribution in [2.45, 2.75) is 38.2 Å². The molecule has 3 nitrogen and oxygen atoms in total. The predicted molar refractivity (Wildman–Crippen MR) is 55.1 cm³/mol. The smallest absolute Gasteiger partial charge is 0.0582 e. The fourth-order valence-corrected chi connectivity index (χ4v) is 2.60. The molecule has 0 aromatic rings. The van der Waals surface area contributed by atoms with E-state index in [0.717, 1.165) is 39.2 Å². The molecule has 0 saturated carbocycles. The van der Waals surface area contributed by atoms with Crippen molar-refractivity contribution in [3.8, 4) is 0 Å². The Balaban J connectivity index is 1.89. The minimum Gasteiger partial charge on any atom is -0.381 e. The molecule has 2 atom stereocenters. The monoisotopic (exact) mass is 199 g/mol. The van der Waals surface area contributed by atoms with Crippen molar-refractivity contribution in [2.24, 2.45) is 11.1 Å². The van der Waals surface area contributed by atoms with E-state index in [1.807, 2.05) is 0 Å². The first-order chi connectivity index (χ1) is 6.85. The second-order valence-corrected chi connectivity index (χ2v) is 4.70. The molecule has 2 rings (SSSR count). The van der Waals surface area contributed by atoms with Crippen LogP contribution in [0.5, 0.6) is 0 Å². The fraction of sp³-hybridized carbons (Fsp3) is 1.00. The molecule has 2 heterocycles. The summed E-state index contributed by atoms with van der Waals surface area (Å²) in [6.07, 6.45) is 6.34. The molecule has 2 saturated heterocycles. The number of nitrogens with two attached hydrogens (primary N) is 1. The van der Waals surface area contributed by atoms with Gasteiger partial charge in [0.15, 0.2) is 0 Å². The molecule has 82 valence electrons. The Labute approximate surface area is 85.9 Å². The van der Waals surface area contributed by atoms with Crippen molar-refractivity contribution in [3.05, 3.63) is 0 Å². The Hall–Kier alpha value is -0.120. The van der Waals surface area contributed by atoms with Crippen molar-refractivity contribution >= 4 is 0 Å². The molecule has 0 bridgehead atoms. The van der Waals surface area contributed by atoms with Crippen molar-refractivity contribution in [1.29, 1.82) is 0 Å². The van der Waals surface area contributed by atoms with Crippen LogP contribution in [0.2, 0.25) is 0 Å². The maximum absolute atomic E-state index is 5.88. The summed E-state index contributed by atoms with van der Waals surface area (Å²) in [5, 5.41) is 0. The van der Waals surface area contributed by atoms with Crippen LogP contribution in [0.1, 0.15) is 32.1 Å². The summed E-state index contributed by atoms with van der Waals surface area (Å²) >= 11 is 0. The van der Waals surface area contributed by atoms with Crippen molar-refractivity contribution in [3.63, 3.8) is 0 Å². The van der Waals surface area contributed by atoms with Crippen molar-refractivity contribution < 1.29 is 9.47 Å². The second-order valence-electron chi connectivity index (χ2n) is 4.70. The molecule has 0 aromatic heterocycles. The van der Waals surface area contributed by atoms with Crippen LogP contribution in [0.15, 0.2) is 0 Å². The molecule has 0 amide bonds. The first kappa shape index (κ1) is 10.4. The van der Waals surface area contributed by atoms with Gasteiger partial charge in [-0.05, 0) is 32.1 Å². The van der Waals surface area contributed by atoms with Gasteiger partial charge in [0.05, 0.1) is 12.7 Å². The van der Waals surface area contributed by atoms with E-state index in [2.05, 4.69) is 0 Å². The molecular formula is C11H21NO2. The van der Waals surface area contributed by atoms with E-state index < -0.39 is 0 Å². The highest BCUT2D eigenvalue weighted by molar-refractivity contribution is 4.86. The highest BCUT2D eigenvalue weighted by Crippen LogP contribution is 2.35. The Morgan fingerprint density at radius 1 is 1.29 bits per heavy atom. The minimum absolute atomic E-state index is 0.216. The van der Waals surface area contributed by atoms with Crippen LogP contribution >= 0.6 is 0 Å². The standard InChI is InChI=1S/C11H21NO2/c12-8-11(4-2-5-13-9-11)7-10-3-1-6-14-10/h10H,1-9,12H2. The number of ether oxygens (including phenoxy) is 2. The van der Waals surface area contributed by atoms with Crippen LogP contribution in [0.4, 0.5) is 0 Å². The van der Waals surface area contributed by atoms with Crippen LogP contribution in [0, 0.1) is 5.41 Å².